The monoisotopic (exact) mass is 575 g/mol. The molecule has 1 unspecified atom stereocenters. The highest BCUT2D eigenvalue weighted by molar-refractivity contribution is 6.02. The van der Waals surface area contributed by atoms with Gasteiger partial charge in [-0.2, -0.15) is 13.9 Å². The average molecular weight is 576 g/mol. The van der Waals surface area contributed by atoms with Gasteiger partial charge in [-0.25, -0.2) is 9.48 Å². The number of fused-ring (bicyclic) bond motifs is 1. The Morgan fingerprint density at radius 2 is 1.66 bits per heavy atom. The predicted octanol–water partition coefficient (Wildman–Crippen LogP) is 5.84. The van der Waals surface area contributed by atoms with Crippen LogP contribution in [-0.4, -0.2) is 65.4 Å². The lowest BCUT2D eigenvalue weighted by molar-refractivity contribution is -0.134. The Balaban J connectivity index is 0.00000124. The van der Waals surface area contributed by atoms with Gasteiger partial charge >= 0.3 is 12.6 Å². The fraction of sp³-hybridized carbons (Fsp3) is 0.667. The topological polar surface area (TPSA) is 96.8 Å². The Morgan fingerprint density at radius 1 is 1.02 bits per heavy atom. The normalized spacial score (nSPS) is 20.7. The zero-order valence-electron chi connectivity index (χ0n) is 24.4. The molecule has 0 spiro atoms. The number of benzene rings is 1. The highest BCUT2D eigenvalue weighted by Crippen LogP contribution is 2.36. The van der Waals surface area contributed by atoms with Gasteiger partial charge in [-0.1, -0.05) is 20.3 Å². The fourth-order valence-electron chi connectivity index (χ4n) is 6.17. The Bertz CT molecular complexity index is 1200. The first kappa shape index (κ1) is 30.7. The Morgan fingerprint density at radius 3 is 2.24 bits per heavy atom. The summed E-state index contributed by atoms with van der Waals surface area (Å²) in [6.45, 7) is 6.83. The van der Waals surface area contributed by atoms with E-state index in [9.17, 15) is 23.2 Å². The summed E-state index contributed by atoms with van der Waals surface area (Å²) in [6, 6.07) is 5.44. The van der Waals surface area contributed by atoms with Gasteiger partial charge in [0.15, 0.2) is 0 Å². The highest BCUT2D eigenvalue weighted by atomic mass is 19.3. The number of carbonyl (C=O) groups is 3. The van der Waals surface area contributed by atoms with E-state index in [4.69, 9.17) is 4.74 Å². The maximum Gasteiger partial charge on any atom is 0.409 e. The number of carbonyl (C=O) groups excluding carboxylic acids is 3. The van der Waals surface area contributed by atoms with Crippen molar-refractivity contribution in [3.8, 4) is 0 Å². The van der Waals surface area contributed by atoms with Gasteiger partial charge in [-0.05, 0) is 75.5 Å². The maximum atomic E-state index is 13.9. The van der Waals surface area contributed by atoms with Crippen molar-refractivity contribution < 1.29 is 27.9 Å². The minimum absolute atomic E-state index is 0.164. The second kappa shape index (κ2) is 14.1. The number of piperidine rings is 3. The van der Waals surface area contributed by atoms with Crippen LogP contribution in [0.3, 0.4) is 0 Å². The Hall–Kier alpha value is -3.24. The molecule has 3 aliphatic rings. The zero-order valence-corrected chi connectivity index (χ0v) is 24.4. The molecule has 2 aromatic rings. The number of anilines is 1. The van der Waals surface area contributed by atoms with Crippen LogP contribution in [0.1, 0.15) is 90.3 Å². The summed E-state index contributed by atoms with van der Waals surface area (Å²) in [6.07, 6.45) is 6.68. The molecule has 5 rings (SSSR count). The number of alkyl halides is 2. The van der Waals surface area contributed by atoms with Gasteiger partial charge in [0, 0.05) is 43.7 Å². The number of hydrogen-bond donors (Lipinski definition) is 1. The number of hydrogen-bond acceptors (Lipinski definition) is 6. The van der Waals surface area contributed by atoms with Crippen LogP contribution in [0.25, 0.3) is 10.9 Å². The van der Waals surface area contributed by atoms with Crippen molar-refractivity contribution in [2.24, 2.45) is 11.8 Å². The van der Waals surface area contributed by atoms with E-state index in [0.29, 0.717) is 39.7 Å². The molecule has 1 atom stereocenters. The zero-order chi connectivity index (χ0) is 29.5. The van der Waals surface area contributed by atoms with Crippen molar-refractivity contribution in [3.05, 3.63) is 23.9 Å². The van der Waals surface area contributed by atoms with Crippen LogP contribution in [0, 0.1) is 11.8 Å². The van der Waals surface area contributed by atoms with Crippen LogP contribution in [0.4, 0.5) is 19.3 Å². The van der Waals surface area contributed by atoms with Gasteiger partial charge in [-0.3, -0.25) is 14.9 Å². The van der Waals surface area contributed by atoms with E-state index in [-0.39, 0.29) is 24.8 Å². The molecule has 0 aliphatic carbocycles. The third kappa shape index (κ3) is 7.35. The number of rotatable bonds is 6. The van der Waals surface area contributed by atoms with E-state index in [0.717, 1.165) is 64.0 Å². The predicted molar refractivity (Wildman–Crippen MR) is 153 cm³/mol. The lowest BCUT2D eigenvalue weighted by Crippen LogP contribution is -2.40. The number of aromatic nitrogens is 2. The second-order valence-electron chi connectivity index (χ2n) is 11.3. The third-order valence-corrected chi connectivity index (χ3v) is 8.26. The molecule has 9 nitrogen and oxygen atoms in total. The molecule has 226 valence electrons. The number of imide groups is 1. The first-order chi connectivity index (χ1) is 19.7. The van der Waals surface area contributed by atoms with Crippen molar-refractivity contribution in [3.63, 3.8) is 0 Å². The second-order valence-corrected chi connectivity index (χ2v) is 11.3. The lowest BCUT2D eigenvalue weighted by Gasteiger charge is -2.37. The largest absolute Gasteiger partial charge is 0.450 e. The first-order valence-corrected chi connectivity index (χ1v) is 15.1. The molecule has 1 aromatic heterocycles. The first-order valence-electron chi connectivity index (χ1n) is 15.1. The smallest absolute Gasteiger partial charge is 0.409 e. The van der Waals surface area contributed by atoms with E-state index in [1.807, 2.05) is 13.0 Å². The third-order valence-electron chi connectivity index (χ3n) is 8.26. The van der Waals surface area contributed by atoms with Gasteiger partial charge < -0.3 is 14.5 Å². The molecule has 1 N–H and O–H groups in total. The molecule has 0 radical (unpaired) electrons. The van der Waals surface area contributed by atoms with Crippen LogP contribution >= 0.6 is 0 Å². The van der Waals surface area contributed by atoms with E-state index in [2.05, 4.69) is 29.2 Å². The highest BCUT2D eigenvalue weighted by Gasteiger charge is 2.33. The maximum absolute atomic E-state index is 13.9. The van der Waals surface area contributed by atoms with E-state index in [1.165, 1.54) is 6.42 Å². The minimum Gasteiger partial charge on any atom is -0.450 e. The van der Waals surface area contributed by atoms with Crippen molar-refractivity contribution in [2.45, 2.75) is 84.6 Å². The summed E-state index contributed by atoms with van der Waals surface area (Å²) in [7, 11) is 0. The number of ether oxygens (including phenoxy) is 1. The van der Waals surface area contributed by atoms with E-state index < -0.39 is 18.4 Å². The number of amides is 3. The van der Waals surface area contributed by atoms with Crippen LogP contribution in [-0.2, 0) is 14.3 Å². The minimum atomic E-state index is -2.84. The Labute approximate surface area is 240 Å². The summed E-state index contributed by atoms with van der Waals surface area (Å²) >= 11 is 0. The SMILES string of the molecule is CCC.CCOC(=O)N1CCC(CC2CCN(c3ccc4c(C5CCC(=O)NC5=O)nn(C(F)F)c4c3)CC2)CC1. The Kier molecular flexibility index (Phi) is 10.6. The van der Waals surface area contributed by atoms with E-state index in [1.54, 1.807) is 17.0 Å². The van der Waals surface area contributed by atoms with Crippen molar-refractivity contribution in [1.82, 2.24) is 20.0 Å². The number of halogens is 2. The number of likely N-dealkylation sites (tertiary alicyclic amines) is 1. The van der Waals surface area contributed by atoms with Crippen molar-refractivity contribution in [1.29, 1.82) is 0 Å². The lowest BCUT2D eigenvalue weighted by atomic mass is 9.83. The van der Waals surface area contributed by atoms with E-state index >= 15 is 0 Å². The molecule has 3 amide bonds. The van der Waals surface area contributed by atoms with Crippen LogP contribution in [0.5, 0.6) is 0 Å². The van der Waals surface area contributed by atoms with Gasteiger partial charge in [0.1, 0.15) is 0 Å². The van der Waals surface area contributed by atoms with Crippen LogP contribution < -0.4 is 10.2 Å². The van der Waals surface area contributed by atoms with Crippen molar-refractivity contribution in [2.75, 3.05) is 37.7 Å². The summed E-state index contributed by atoms with van der Waals surface area (Å²) in [5, 5.41) is 6.94. The van der Waals surface area contributed by atoms with Crippen LogP contribution in [0.2, 0.25) is 0 Å². The number of nitrogens with zero attached hydrogens (tertiary/aromatic N) is 4. The van der Waals surface area contributed by atoms with Gasteiger partial charge in [-0.15, -0.1) is 0 Å². The molecule has 3 fully saturated rings. The molecular weight excluding hydrogens is 532 g/mol. The summed E-state index contributed by atoms with van der Waals surface area (Å²) in [5.41, 5.74) is 1.47. The molecule has 1 aromatic carbocycles. The molecule has 0 saturated carbocycles. The van der Waals surface area contributed by atoms with Crippen molar-refractivity contribution >= 4 is 34.5 Å². The van der Waals surface area contributed by atoms with Gasteiger partial charge in [0.25, 0.3) is 0 Å². The molecular formula is C30H43F2N5O4. The summed E-state index contributed by atoms with van der Waals surface area (Å²) in [5.74, 6) is -0.336. The quantitative estimate of drug-likeness (QED) is 0.435. The molecule has 3 saturated heterocycles. The average Bonchev–Trinajstić information content (AvgIpc) is 3.33. The summed E-state index contributed by atoms with van der Waals surface area (Å²) < 4.78 is 33.6. The molecule has 0 bridgehead atoms. The molecule has 3 aliphatic heterocycles. The molecule has 11 heteroatoms. The van der Waals surface area contributed by atoms with Gasteiger partial charge in [0.2, 0.25) is 11.8 Å². The molecule has 41 heavy (non-hydrogen) atoms. The fourth-order valence-corrected chi connectivity index (χ4v) is 6.17. The molecule has 4 heterocycles. The number of nitrogens with one attached hydrogen (secondary N) is 1. The van der Waals surface area contributed by atoms with Gasteiger partial charge in [0.05, 0.1) is 23.7 Å². The van der Waals surface area contributed by atoms with Crippen LogP contribution in [0.15, 0.2) is 18.2 Å². The standard InChI is InChI=1S/C27H35F2N5O4.C3H8/c1-2-38-27(37)33-13-9-18(10-14-33)15-17-7-11-32(12-8-17)19-3-4-20-22(16-19)34(26(28)29)31-24(20)21-5-6-23(35)30-25(21)36;1-3-2/h3-4,16-18,21,26H,2,5-15H2,1H3,(H,30,35,36);3H2,1-2H3. The summed E-state index contributed by atoms with van der Waals surface area (Å²) in [4.78, 5) is 39.9.